The highest BCUT2D eigenvalue weighted by Gasteiger charge is 2.38. The Labute approximate surface area is 360 Å². The van der Waals surface area contributed by atoms with Gasteiger partial charge >= 0.3 is 5.97 Å². The molecule has 6 aromatic rings. The molecule has 0 bridgehead atoms. The Morgan fingerprint density at radius 2 is 1.16 bits per heavy atom. The molecule has 0 spiro atoms. The zero-order valence-corrected chi connectivity index (χ0v) is 36.0. The summed E-state index contributed by atoms with van der Waals surface area (Å²) < 4.78 is 40.1. The third-order valence-corrected chi connectivity index (χ3v) is 10.1. The lowest BCUT2D eigenvalue weighted by Crippen LogP contribution is -2.32. The van der Waals surface area contributed by atoms with Gasteiger partial charge in [0.05, 0.1) is 54.2 Å². The molecule has 0 unspecified atom stereocenters. The third kappa shape index (κ3) is 11.9. The molecular weight excluding hydrogens is 769 g/mol. The lowest BCUT2D eigenvalue weighted by atomic mass is 9.80. The molecule has 0 saturated carbocycles. The van der Waals surface area contributed by atoms with Gasteiger partial charge < -0.3 is 38.0 Å². The first kappa shape index (κ1) is 45.8. The van der Waals surface area contributed by atoms with Crippen LogP contribution in [0.15, 0.2) is 140 Å². The second-order valence-electron chi connectivity index (χ2n) is 13.9. The number of methoxy groups -OCH3 is 4. The van der Waals surface area contributed by atoms with Gasteiger partial charge in [0.25, 0.3) is 0 Å². The minimum atomic E-state index is -0.908. The highest BCUT2D eigenvalue weighted by Crippen LogP contribution is 2.43. The van der Waals surface area contributed by atoms with Crippen LogP contribution in [0.2, 0.25) is 0 Å². The van der Waals surface area contributed by atoms with Crippen LogP contribution in [0.5, 0.6) is 17.2 Å². The van der Waals surface area contributed by atoms with Crippen LogP contribution in [0.3, 0.4) is 0 Å². The standard InChI is InChI=1S/C45H42O6.C5H8O3.C2H6/c1-46-27-32-8-7-9-33(24-32)28-49-29-34-12-22-42-36(25-34)31-50-44-26-35(13-23-43(42)44)30-51-45(37-10-5-4-6-11-37,38-14-18-40(47-2)19-15-38)39-16-20-41(48-3)21-17-39;1-8-5(7)3-2-4-6;1-2/h4-26H,27-31H2,1-3H3;4H,2-3H2,1H3;1-2H3. The first-order valence-corrected chi connectivity index (χ1v) is 20.4. The van der Waals surface area contributed by atoms with E-state index in [1.807, 2.05) is 62.4 Å². The summed E-state index contributed by atoms with van der Waals surface area (Å²) in [4.78, 5) is 19.8. The van der Waals surface area contributed by atoms with Crippen LogP contribution in [0.1, 0.15) is 71.2 Å². The van der Waals surface area contributed by atoms with Gasteiger partial charge in [-0.3, -0.25) is 4.79 Å². The van der Waals surface area contributed by atoms with Gasteiger partial charge in [-0.05, 0) is 86.5 Å². The molecule has 61 heavy (non-hydrogen) atoms. The van der Waals surface area contributed by atoms with Crippen molar-refractivity contribution < 1.29 is 42.7 Å². The van der Waals surface area contributed by atoms with Crippen molar-refractivity contribution in [3.8, 4) is 28.4 Å². The minimum absolute atomic E-state index is 0.194. The Balaban J connectivity index is 0.000000634. The van der Waals surface area contributed by atoms with Crippen molar-refractivity contribution in [3.63, 3.8) is 0 Å². The number of aldehydes is 1. The summed E-state index contributed by atoms with van der Waals surface area (Å²) in [6, 6.07) is 47.7. The van der Waals surface area contributed by atoms with Crippen LogP contribution in [-0.4, -0.2) is 40.7 Å². The van der Waals surface area contributed by atoms with Gasteiger partial charge in [-0.25, -0.2) is 0 Å². The fourth-order valence-electron chi connectivity index (χ4n) is 7.08. The summed E-state index contributed by atoms with van der Waals surface area (Å²) in [7, 11) is 6.36. The predicted molar refractivity (Wildman–Crippen MR) is 238 cm³/mol. The van der Waals surface area contributed by atoms with E-state index >= 15 is 0 Å². The highest BCUT2D eigenvalue weighted by molar-refractivity contribution is 5.76. The van der Waals surface area contributed by atoms with E-state index in [0.717, 1.165) is 67.3 Å². The van der Waals surface area contributed by atoms with E-state index in [1.54, 1.807) is 21.3 Å². The average molecular weight is 825 g/mol. The maximum atomic E-state index is 10.2. The Kier molecular flexibility index (Phi) is 17.7. The summed E-state index contributed by atoms with van der Waals surface area (Å²) in [6.07, 6.45) is 1.14. The maximum Gasteiger partial charge on any atom is 0.305 e. The molecule has 9 nitrogen and oxygen atoms in total. The summed E-state index contributed by atoms with van der Waals surface area (Å²) >= 11 is 0. The van der Waals surface area contributed by atoms with Crippen molar-refractivity contribution in [1.82, 2.24) is 0 Å². The molecule has 0 N–H and O–H groups in total. The second-order valence-corrected chi connectivity index (χ2v) is 13.9. The highest BCUT2D eigenvalue weighted by atomic mass is 16.5. The van der Waals surface area contributed by atoms with E-state index in [2.05, 4.69) is 95.7 Å². The number of hydrogen-bond donors (Lipinski definition) is 0. The first-order valence-electron chi connectivity index (χ1n) is 20.4. The van der Waals surface area contributed by atoms with E-state index in [9.17, 15) is 9.59 Å². The molecule has 0 radical (unpaired) electrons. The number of benzene rings is 6. The van der Waals surface area contributed by atoms with E-state index < -0.39 is 5.60 Å². The summed E-state index contributed by atoms with van der Waals surface area (Å²) in [5, 5.41) is 0. The Morgan fingerprint density at radius 1 is 0.607 bits per heavy atom. The molecular formula is C52H56O9. The molecule has 0 atom stereocenters. The van der Waals surface area contributed by atoms with Gasteiger partial charge in [0.1, 0.15) is 35.7 Å². The molecule has 1 aliphatic heterocycles. The van der Waals surface area contributed by atoms with Crippen molar-refractivity contribution in [2.24, 2.45) is 0 Å². The maximum absolute atomic E-state index is 10.2. The number of carbonyl (C=O) groups excluding carboxylic acids is 2. The molecule has 0 amide bonds. The molecule has 0 aromatic heterocycles. The fraction of sp³-hybridized carbons (Fsp3) is 0.269. The molecule has 0 aliphatic carbocycles. The first-order chi connectivity index (χ1) is 29.9. The molecule has 7 rings (SSSR count). The number of rotatable bonds is 17. The van der Waals surface area contributed by atoms with Gasteiger partial charge in [-0.1, -0.05) is 117 Å². The lowest BCUT2D eigenvalue weighted by molar-refractivity contribution is -0.141. The Bertz CT molecular complexity index is 2220. The topological polar surface area (TPSA) is 98.8 Å². The van der Waals surface area contributed by atoms with Crippen molar-refractivity contribution in [2.45, 2.75) is 65.3 Å². The fourth-order valence-corrected chi connectivity index (χ4v) is 7.08. The minimum Gasteiger partial charge on any atom is -0.497 e. The van der Waals surface area contributed by atoms with Crippen LogP contribution in [0.25, 0.3) is 11.1 Å². The van der Waals surface area contributed by atoms with Crippen molar-refractivity contribution in [2.75, 3.05) is 28.4 Å². The molecule has 1 heterocycles. The van der Waals surface area contributed by atoms with Gasteiger partial charge in [-0.15, -0.1) is 0 Å². The normalized spacial score (nSPS) is 11.2. The number of esters is 1. The third-order valence-electron chi connectivity index (χ3n) is 10.1. The molecule has 9 heteroatoms. The second kappa shape index (κ2) is 23.5. The zero-order chi connectivity index (χ0) is 43.5. The lowest BCUT2D eigenvalue weighted by Gasteiger charge is -2.36. The van der Waals surface area contributed by atoms with E-state index in [-0.39, 0.29) is 18.8 Å². The van der Waals surface area contributed by atoms with Gasteiger partial charge in [-0.2, -0.15) is 0 Å². The summed E-state index contributed by atoms with van der Waals surface area (Å²) in [6.45, 7) is 6.50. The molecule has 318 valence electrons. The van der Waals surface area contributed by atoms with Gasteiger partial charge in [0, 0.05) is 19.1 Å². The average Bonchev–Trinajstić information content (AvgIpc) is 3.32. The number of carbonyl (C=O) groups is 2. The monoisotopic (exact) mass is 824 g/mol. The quantitative estimate of drug-likeness (QED) is 0.0506. The molecule has 6 aromatic carbocycles. The number of hydrogen-bond acceptors (Lipinski definition) is 9. The van der Waals surface area contributed by atoms with E-state index in [1.165, 1.54) is 12.7 Å². The van der Waals surface area contributed by atoms with Crippen LogP contribution in [0.4, 0.5) is 0 Å². The zero-order valence-electron chi connectivity index (χ0n) is 36.0. The Morgan fingerprint density at radius 3 is 1.74 bits per heavy atom. The van der Waals surface area contributed by atoms with E-state index in [4.69, 9.17) is 28.4 Å². The van der Waals surface area contributed by atoms with E-state index in [0.29, 0.717) is 39.3 Å². The molecule has 0 fully saturated rings. The predicted octanol–water partition coefficient (Wildman–Crippen LogP) is 10.8. The van der Waals surface area contributed by atoms with Crippen LogP contribution in [0, 0.1) is 0 Å². The van der Waals surface area contributed by atoms with Crippen molar-refractivity contribution in [3.05, 3.63) is 184 Å². The van der Waals surface area contributed by atoms with Crippen molar-refractivity contribution in [1.29, 1.82) is 0 Å². The number of fused-ring (bicyclic) bond motifs is 3. The summed E-state index contributed by atoms with van der Waals surface area (Å²) in [5.74, 6) is 2.08. The van der Waals surface area contributed by atoms with Gasteiger partial charge in [0.15, 0.2) is 0 Å². The Hall–Kier alpha value is -6.26. The van der Waals surface area contributed by atoms with Gasteiger partial charge in [0.2, 0.25) is 0 Å². The molecule has 0 saturated heterocycles. The summed E-state index contributed by atoms with van der Waals surface area (Å²) in [5.41, 5.74) is 9.89. The van der Waals surface area contributed by atoms with Crippen LogP contribution in [-0.2, 0) is 67.2 Å². The van der Waals surface area contributed by atoms with Crippen LogP contribution >= 0.6 is 0 Å². The van der Waals surface area contributed by atoms with Crippen molar-refractivity contribution >= 4 is 12.3 Å². The smallest absolute Gasteiger partial charge is 0.305 e. The van der Waals surface area contributed by atoms with Crippen LogP contribution < -0.4 is 14.2 Å². The number of ether oxygens (including phenoxy) is 7. The molecule has 1 aliphatic rings. The SMILES string of the molecule is CC.COC(=O)CCC=O.COCc1cccc(COCc2ccc3c(c2)COc2cc(COC(c4ccccc4)(c4ccc(OC)cc4)c4ccc(OC)cc4)ccc2-3)c1. The largest absolute Gasteiger partial charge is 0.497 e.